The maximum Gasteiger partial charge on any atom is 0.248 e. The highest BCUT2D eigenvalue weighted by Crippen LogP contribution is 2.24. The van der Waals surface area contributed by atoms with Gasteiger partial charge in [-0.2, -0.15) is 0 Å². The molecule has 1 aliphatic rings. The zero-order chi connectivity index (χ0) is 18.5. The van der Waals surface area contributed by atoms with E-state index in [1.165, 1.54) is 12.5 Å². The molecule has 6 heteroatoms. The molecular formula is C21H21N5O. The molecule has 0 spiro atoms. The van der Waals surface area contributed by atoms with Crippen molar-refractivity contribution in [2.75, 3.05) is 5.32 Å². The average Bonchev–Trinajstić information content (AvgIpc) is 2.96. The quantitative estimate of drug-likeness (QED) is 0.721. The fraction of sp³-hybridized carbons (Fsp3) is 0.238. The van der Waals surface area contributed by atoms with Crippen molar-refractivity contribution in [2.45, 2.75) is 32.2 Å². The van der Waals surface area contributed by atoms with E-state index < -0.39 is 0 Å². The van der Waals surface area contributed by atoms with Crippen molar-refractivity contribution in [1.29, 1.82) is 0 Å². The normalized spacial score (nSPS) is 13.9. The van der Waals surface area contributed by atoms with Gasteiger partial charge in [-0.1, -0.05) is 18.6 Å². The largest absolute Gasteiger partial charge is 0.322 e. The van der Waals surface area contributed by atoms with Gasteiger partial charge in [0.25, 0.3) is 0 Å². The third-order valence-corrected chi connectivity index (χ3v) is 4.63. The molecule has 4 rings (SSSR count). The summed E-state index contributed by atoms with van der Waals surface area (Å²) in [6, 6.07) is 11.4. The van der Waals surface area contributed by atoms with Crippen molar-refractivity contribution in [3.63, 3.8) is 0 Å². The molecule has 0 fully saturated rings. The third kappa shape index (κ3) is 4.11. The zero-order valence-electron chi connectivity index (χ0n) is 15.0. The van der Waals surface area contributed by atoms with Gasteiger partial charge in [0.1, 0.15) is 5.82 Å². The first-order valence-electron chi connectivity index (χ1n) is 9.21. The second-order valence-corrected chi connectivity index (χ2v) is 6.59. The van der Waals surface area contributed by atoms with Gasteiger partial charge in [0.15, 0.2) is 5.82 Å². The number of carbonyl (C=O) groups excluding carboxylic acids is 1. The Kier molecular flexibility index (Phi) is 5.05. The van der Waals surface area contributed by atoms with Gasteiger partial charge in [0.2, 0.25) is 5.91 Å². The van der Waals surface area contributed by atoms with Crippen LogP contribution >= 0.6 is 0 Å². The lowest BCUT2D eigenvalue weighted by molar-refractivity contribution is -0.111. The van der Waals surface area contributed by atoms with E-state index in [4.69, 9.17) is 0 Å². The molecule has 6 nitrogen and oxygen atoms in total. The number of rotatable bonds is 4. The molecule has 3 aromatic rings. The molecule has 136 valence electrons. The molecule has 1 aromatic carbocycles. The van der Waals surface area contributed by atoms with Crippen molar-refractivity contribution in [2.24, 2.45) is 0 Å². The van der Waals surface area contributed by atoms with Crippen molar-refractivity contribution in [3.05, 3.63) is 66.3 Å². The number of nitrogens with zero attached hydrogens (tertiary/aromatic N) is 4. The molecule has 1 N–H and O–H groups in total. The lowest BCUT2D eigenvalue weighted by Crippen LogP contribution is -2.08. The summed E-state index contributed by atoms with van der Waals surface area (Å²) in [5.74, 6) is 1.75. The molecule has 3 heterocycles. The van der Waals surface area contributed by atoms with Gasteiger partial charge in [0, 0.05) is 42.7 Å². The van der Waals surface area contributed by atoms with E-state index in [0.717, 1.165) is 54.3 Å². The minimum Gasteiger partial charge on any atom is -0.322 e. The smallest absolute Gasteiger partial charge is 0.248 e. The maximum atomic E-state index is 12.2. The molecule has 0 bridgehead atoms. The van der Waals surface area contributed by atoms with E-state index in [0.29, 0.717) is 0 Å². The first-order valence-corrected chi connectivity index (χ1v) is 9.21. The molecule has 0 atom stereocenters. The Bertz CT molecular complexity index is 962. The molecule has 2 aromatic heterocycles. The van der Waals surface area contributed by atoms with E-state index in [2.05, 4.69) is 25.1 Å². The molecule has 0 saturated carbocycles. The Hall–Kier alpha value is -3.28. The summed E-state index contributed by atoms with van der Waals surface area (Å²) in [4.78, 5) is 16.2. The molecule has 0 unspecified atom stereocenters. The molecule has 27 heavy (non-hydrogen) atoms. The molecule has 0 aliphatic carbocycles. The van der Waals surface area contributed by atoms with E-state index in [1.807, 2.05) is 36.4 Å². The van der Waals surface area contributed by atoms with Gasteiger partial charge >= 0.3 is 0 Å². The second kappa shape index (κ2) is 7.95. The van der Waals surface area contributed by atoms with E-state index in [1.54, 1.807) is 18.5 Å². The van der Waals surface area contributed by atoms with Gasteiger partial charge in [-0.3, -0.25) is 9.78 Å². The Morgan fingerprint density at radius 3 is 2.85 bits per heavy atom. The first kappa shape index (κ1) is 17.1. The first-order chi connectivity index (χ1) is 13.3. The van der Waals surface area contributed by atoms with Gasteiger partial charge in [-0.15, -0.1) is 10.2 Å². The summed E-state index contributed by atoms with van der Waals surface area (Å²) in [5, 5.41) is 11.7. The number of aromatic nitrogens is 4. The highest BCUT2D eigenvalue weighted by atomic mass is 16.1. The van der Waals surface area contributed by atoms with Crippen LogP contribution in [0.5, 0.6) is 0 Å². The SMILES string of the molecule is O=C(/C=C/c1ccncc1)Nc1cccc(-c2nnc3n2CCCCC3)c1. The van der Waals surface area contributed by atoms with Crippen molar-refractivity contribution in [3.8, 4) is 11.4 Å². The monoisotopic (exact) mass is 359 g/mol. The molecule has 0 radical (unpaired) electrons. The Labute approximate surface area is 158 Å². The van der Waals surface area contributed by atoms with E-state index in [9.17, 15) is 4.79 Å². The fourth-order valence-corrected chi connectivity index (χ4v) is 3.27. The summed E-state index contributed by atoms with van der Waals surface area (Å²) < 4.78 is 2.21. The lowest BCUT2D eigenvalue weighted by Gasteiger charge is -2.08. The number of fused-ring (bicyclic) bond motifs is 1. The van der Waals surface area contributed by atoms with Crippen LogP contribution in [0.15, 0.2) is 54.9 Å². The van der Waals surface area contributed by atoms with Crippen LogP contribution in [-0.2, 0) is 17.8 Å². The van der Waals surface area contributed by atoms with E-state index in [-0.39, 0.29) is 5.91 Å². The molecular weight excluding hydrogens is 338 g/mol. The summed E-state index contributed by atoms with van der Waals surface area (Å²) in [6.07, 6.45) is 11.2. The summed E-state index contributed by atoms with van der Waals surface area (Å²) >= 11 is 0. The van der Waals surface area contributed by atoms with Crippen LogP contribution in [0.2, 0.25) is 0 Å². The number of nitrogens with one attached hydrogen (secondary N) is 1. The molecule has 1 amide bonds. The van der Waals surface area contributed by atoms with Crippen LogP contribution in [0.1, 0.15) is 30.7 Å². The number of amides is 1. The van der Waals surface area contributed by atoms with E-state index >= 15 is 0 Å². The summed E-state index contributed by atoms with van der Waals surface area (Å²) in [6.45, 7) is 0.947. The van der Waals surface area contributed by atoms with Gasteiger partial charge in [0.05, 0.1) is 0 Å². The van der Waals surface area contributed by atoms with Crippen LogP contribution in [-0.4, -0.2) is 25.7 Å². The van der Waals surface area contributed by atoms with Crippen LogP contribution in [0, 0.1) is 0 Å². The molecule has 0 saturated heterocycles. The van der Waals surface area contributed by atoms with Gasteiger partial charge in [-0.25, -0.2) is 0 Å². The number of anilines is 1. The highest BCUT2D eigenvalue weighted by Gasteiger charge is 2.16. The standard InChI is InChI=1S/C21H21N5O/c27-20(9-8-16-10-12-22-13-11-16)23-18-6-4-5-17(15-18)21-25-24-19-7-2-1-3-14-26(19)21/h4-6,8-13,15H,1-3,7,14H2,(H,23,27)/b9-8+. The maximum absolute atomic E-state index is 12.2. The number of carbonyl (C=O) groups is 1. The Morgan fingerprint density at radius 2 is 1.96 bits per heavy atom. The summed E-state index contributed by atoms with van der Waals surface area (Å²) in [7, 11) is 0. The molecule has 1 aliphatic heterocycles. The topological polar surface area (TPSA) is 72.7 Å². The van der Waals surface area contributed by atoms with Gasteiger partial charge < -0.3 is 9.88 Å². The van der Waals surface area contributed by atoms with Crippen molar-refractivity contribution in [1.82, 2.24) is 19.7 Å². The van der Waals surface area contributed by atoms with Crippen LogP contribution in [0.3, 0.4) is 0 Å². The van der Waals surface area contributed by atoms with Crippen LogP contribution in [0.4, 0.5) is 5.69 Å². The fourth-order valence-electron chi connectivity index (χ4n) is 3.27. The minimum atomic E-state index is -0.177. The van der Waals surface area contributed by atoms with Crippen molar-refractivity contribution < 1.29 is 4.79 Å². The lowest BCUT2D eigenvalue weighted by atomic mass is 10.2. The number of hydrogen-bond donors (Lipinski definition) is 1. The van der Waals surface area contributed by atoms with Crippen molar-refractivity contribution >= 4 is 17.7 Å². The number of hydrogen-bond acceptors (Lipinski definition) is 4. The number of aryl methyl sites for hydroxylation is 1. The predicted molar refractivity (Wildman–Crippen MR) is 105 cm³/mol. The van der Waals surface area contributed by atoms with Gasteiger partial charge in [-0.05, 0) is 48.7 Å². The third-order valence-electron chi connectivity index (χ3n) is 4.63. The number of pyridine rings is 1. The zero-order valence-corrected chi connectivity index (χ0v) is 15.0. The highest BCUT2D eigenvalue weighted by molar-refractivity contribution is 6.02. The predicted octanol–water partition coefficient (Wildman–Crippen LogP) is 3.72. The minimum absolute atomic E-state index is 0.177. The summed E-state index contributed by atoms with van der Waals surface area (Å²) in [5.41, 5.74) is 2.63. The van der Waals surface area contributed by atoms with Crippen LogP contribution in [0.25, 0.3) is 17.5 Å². The second-order valence-electron chi connectivity index (χ2n) is 6.59. The Balaban J connectivity index is 1.51. The number of benzene rings is 1. The average molecular weight is 359 g/mol. The Morgan fingerprint density at radius 1 is 1.07 bits per heavy atom. The van der Waals surface area contributed by atoms with Crippen LogP contribution < -0.4 is 5.32 Å².